The Morgan fingerprint density at radius 1 is 1.43 bits per heavy atom. The van der Waals surface area contributed by atoms with Crippen molar-refractivity contribution >= 4 is 12.0 Å². The van der Waals surface area contributed by atoms with Crippen molar-refractivity contribution in [1.29, 1.82) is 0 Å². The molecule has 0 aliphatic heterocycles. The van der Waals surface area contributed by atoms with Crippen molar-refractivity contribution in [2.75, 3.05) is 7.11 Å². The lowest BCUT2D eigenvalue weighted by atomic mass is 10.2. The number of ether oxygens (including phenoxy) is 1. The van der Waals surface area contributed by atoms with E-state index < -0.39 is 0 Å². The summed E-state index contributed by atoms with van der Waals surface area (Å²) in [6, 6.07) is 7.11. The molecule has 1 atom stereocenters. The number of aromatic nitrogens is 2. The first-order chi connectivity index (χ1) is 10.1. The zero-order chi connectivity index (χ0) is 15.2. The fourth-order valence-electron chi connectivity index (χ4n) is 1.78. The second-order valence-corrected chi connectivity index (χ2v) is 4.49. The highest BCUT2D eigenvalue weighted by molar-refractivity contribution is 5.92. The van der Waals surface area contributed by atoms with Gasteiger partial charge in [0, 0.05) is 11.6 Å². The molecule has 2 rings (SSSR count). The summed E-state index contributed by atoms with van der Waals surface area (Å²) in [7, 11) is 1.59. The van der Waals surface area contributed by atoms with E-state index in [0.29, 0.717) is 17.5 Å². The van der Waals surface area contributed by atoms with Crippen LogP contribution in [0.25, 0.3) is 6.08 Å². The number of aryl methyl sites for hydroxylation is 1. The van der Waals surface area contributed by atoms with Crippen LogP contribution in [0.4, 0.5) is 0 Å². The van der Waals surface area contributed by atoms with Crippen molar-refractivity contribution in [3.8, 4) is 5.75 Å². The minimum atomic E-state index is -0.346. The van der Waals surface area contributed by atoms with E-state index in [2.05, 4.69) is 15.5 Å². The molecule has 0 spiro atoms. The van der Waals surface area contributed by atoms with Gasteiger partial charge in [0.05, 0.1) is 7.11 Å². The van der Waals surface area contributed by atoms with Gasteiger partial charge in [-0.1, -0.05) is 23.4 Å². The van der Waals surface area contributed by atoms with Crippen LogP contribution in [0.2, 0.25) is 0 Å². The molecule has 6 heteroatoms. The van der Waals surface area contributed by atoms with Crippen LogP contribution < -0.4 is 10.1 Å². The molecular formula is C15H17N3O3. The highest BCUT2D eigenvalue weighted by Gasteiger charge is 2.14. The third-order valence-electron chi connectivity index (χ3n) is 2.83. The van der Waals surface area contributed by atoms with Gasteiger partial charge in [0.2, 0.25) is 11.8 Å². The molecule has 0 bridgehead atoms. The fourth-order valence-corrected chi connectivity index (χ4v) is 1.78. The average molecular weight is 287 g/mol. The first-order valence-electron chi connectivity index (χ1n) is 6.52. The first kappa shape index (κ1) is 14.8. The number of carbonyl (C=O) groups excluding carboxylic acids is 1. The molecule has 1 amide bonds. The molecule has 0 saturated carbocycles. The highest BCUT2D eigenvalue weighted by Crippen LogP contribution is 2.18. The molecule has 1 heterocycles. The molecule has 0 aliphatic rings. The van der Waals surface area contributed by atoms with Gasteiger partial charge < -0.3 is 14.6 Å². The van der Waals surface area contributed by atoms with Crippen LogP contribution in [0.3, 0.4) is 0 Å². The number of amides is 1. The normalized spacial score (nSPS) is 12.3. The first-order valence-corrected chi connectivity index (χ1v) is 6.52. The Labute approximate surface area is 122 Å². The summed E-state index contributed by atoms with van der Waals surface area (Å²) >= 11 is 0. The second-order valence-electron chi connectivity index (χ2n) is 4.49. The Kier molecular flexibility index (Phi) is 4.71. The number of nitrogens with one attached hydrogen (secondary N) is 1. The Morgan fingerprint density at radius 3 is 2.86 bits per heavy atom. The van der Waals surface area contributed by atoms with E-state index in [-0.39, 0.29) is 11.9 Å². The largest absolute Gasteiger partial charge is 0.496 e. The summed E-state index contributed by atoms with van der Waals surface area (Å²) in [6.07, 6.45) is 3.14. The number of rotatable bonds is 5. The molecule has 6 nitrogen and oxygen atoms in total. The van der Waals surface area contributed by atoms with Crippen molar-refractivity contribution < 1.29 is 14.1 Å². The van der Waals surface area contributed by atoms with Crippen molar-refractivity contribution in [1.82, 2.24) is 15.5 Å². The van der Waals surface area contributed by atoms with Gasteiger partial charge in [0.15, 0.2) is 5.82 Å². The zero-order valence-corrected chi connectivity index (χ0v) is 12.2. The number of nitrogens with zero attached hydrogens (tertiary/aromatic N) is 2. The number of hydrogen-bond acceptors (Lipinski definition) is 5. The van der Waals surface area contributed by atoms with Gasteiger partial charge in [-0.2, -0.15) is 4.98 Å². The van der Waals surface area contributed by atoms with E-state index in [0.717, 1.165) is 5.56 Å². The van der Waals surface area contributed by atoms with Crippen molar-refractivity contribution in [3.05, 3.63) is 47.6 Å². The lowest BCUT2D eigenvalue weighted by Crippen LogP contribution is -2.24. The summed E-state index contributed by atoms with van der Waals surface area (Å²) < 4.78 is 10.2. The topological polar surface area (TPSA) is 77.2 Å². The molecule has 1 aromatic carbocycles. The van der Waals surface area contributed by atoms with E-state index in [9.17, 15) is 4.79 Å². The fraction of sp³-hybridized carbons (Fsp3) is 0.267. The minimum Gasteiger partial charge on any atom is -0.496 e. The Bertz CT molecular complexity index is 649. The van der Waals surface area contributed by atoms with Gasteiger partial charge in [-0.15, -0.1) is 0 Å². The van der Waals surface area contributed by atoms with E-state index in [1.807, 2.05) is 24.3 Å². The summed E-state index contributed by atoms with van der Waals surface area (Å²) in [5, 5.41) is 6.44. The van der Waals surface area contributed by atoms with Gasteiger partial charge in [-0.3, -0.25) is 4.79 Å². The molecule has 1 N–H and O–H groups in total. The third kappa shape index (κ3) is 3.92. The zero-order valence-electron chi connectivity index (χ0n) is 12.2. The maximum Gasteiger partial charge on any atom is 0.248 e. The highest BCUT2D eigenvalue weighted by atomic mass is 16.5. The summed E-state index contributed by atoms with van der Waals surface area (Å²) in [5.41, 5.74) is 0.830. The van der Waals surface area contributed by atoms with Crippen LogP contribution in [-0.4, -0.2) is 23.2 Å². The van der Waals surface area contributed by atoms with Crippen molar-refractivity contribution in [3.63, 3.8) is 0 Å². The maximum absolute atomic E-state index is 11.9. The summed E-state index contributed by atoms with van der Waals surface area (Å²) in [5.74, 6) is 1.38. The smallest absolute Gasteiger partial charge is 0.248 e. The van der Waals surface area contributed by atoms with Gasteiger partial charge in [-0.25, -0.2) is 0 Å². The van der Waals surface area contributed by atoms with E-state index in [1.165, 1.54) is 6.08 Å². The maximum atomic E-state index is 11.9. The molecule has 1 aromatic heterocycles. The number of carbonyl (C=O) groups is 1. The molecule has 0 aliphatic carbocycles. The van der Waals surface area contributed by atoms with Crippen molar-refractivity contribution in [2.24, 2.45) is 0 Å². The molecule has 0 radical (unpaired) electrons. The Balaban J connectivity index is 1.99. The minimum absolute atomic E-state index is 0.246. The molecule has 0 unspecified atom stereocenters. The SMILES string of the molecule is COc1ccccc1/C=C/C(=O)N[C@H](C)c1nc(C)no1. The van der Waals surface area contributed by atoms with E-state index in [1.54, 1.807) is 27.0 Å². The molecule has 110 valence electrons. The van der Waals surface area contributed by atoms with Crippen LogP contribution in [0.5, 0.6) is 5.75 Å². The van der Waals surface area contributed by atoms with Crippen LogP contribution in [0, 0.1) is 6.92 Å². The predicted octanol–water partition coefficient (Wildman–Crippen LogP) is 2.28. The third-order valence-corrected chi connectivity index (χ3v) is 2.83. The quantitative estimate of drug-likeness (QED) is 0.854. The predicted molar refractivity (Wildman–Crippen MR) is 77.6 cm³/mol. The van der Waals surface area contributed by atoms with E-state index >= 15 is 0 Å². The van der Waals surface area contributed by atoms with Crippen molar-refractivity contribution in [2.45, 2.75) is 19.9 Å². The molecular weight excluding hydrogens is 270 g/mol. The number of hydrogen-bond donors (Lipinski definition) is 1. The van der Waals surface area contributed by atoms with E-state index in [4.69, 9.17) is 9.26 Å². The van der Waals surface area contributed by atoms with Crippen LogP contribution in [-0.2, 0) is 4.79 Å². The monoisotopic (exact) mass is 287 g/mol. The van der Waals surface area contributed by atoms with Crippen LogP contribution in [0.1, 0.15) is 30.2 Å². The second kappa shape index (κ2) is 6.69. The number of methoxy groups -OCH3 is 1. The Hall–Kier alpha value is -2.63. The molecule has 0 saturated heterocycles. The van der Waals surface area contributed by atoms with Crippen LogP contribution in [0.15, 0.2) is 34.9 Å². The number of benzene rings is 1. The van der Waals surface area contributed by atoms with Gasteiger partial charge in [0.1, 0.15) is 11.8 Å². The molecule has 2 aromatic rings. The van der Waals surface area contributed by atoms with Gasteiger partial charge in [0.25, 0.3) is 0 Å². The number of para-hydroxylation sites is 1. The standard InChI is InChI=1S/C15H17N3O3/c1-10(15-17-11(2)18-21-15)16-14(19)9-8-12-6-4-5-7-13(12)20-3/h4-10H,1-3H3,(H,16,19)/b9-8+/t10-/m1/s1. The lowest BCUT2D eigenvalue weighted by Gasteiger charge is -2.07. The summed E-state index contributed by atoms with van der Waals surface area (Å²) in [4.78, 5) is 16.0. The lowest BCUT2D eigenvalue weighted by molar-refractivity contribution is -0.117. The molecule has 0 fully saturated rings. The van der Waals surface area contributed by atoms with Gasteiger partial charge >= 0.3 is 0 Å². The van der Waals surface area contributed by atoms with Gasteiger partial charge in [-0.05, 0) is 26.0 Å². The average Bonchev–Trinajstić information content (AvgIpc) is 2.92. The van der Waals surface area contributed by atoms with Crippen LogP contribution >= 0.6 is 0 Å². The summed E-state index contributed by atoms with van der Waals surface area (Å²) in [6.45, 7) is 3.50. The Morgan fingerprint density at radius 2 is 2.19 bits per heavy atom. The molecule has 21 heavy (non-hydrogen) atoms.